The van der Waals surface area contributed by atoms with Crippen LogP contribution in [0.1, 0.15) is 47.2 Å². The third kappa shape index (κ3) is 3.72. The fraction of sp³-hybridized carbons (Fsp3) is 0.333. The Kier molecular flexibility index (Phi) is 4.91. The lowest BCUT2D eigenvalue weighted by Gasteiger charge is -2.24. The fourth-order valence-electron chi connectivity index (χ4n) is 3.35. The van der Waals surface area contributed by atoms with Gasteiger partial charge in [-0.2, -0.15) is 0 Å². The van der Waals surface area contributed by atoms with Crippen LogP contribution in [0.15, 0.2) is 40.9 Å². The predicted molar refractivity (Wildman–Crippen MR) is 105 cm³/mol. The molecule has 4 rings (SSSR count). The Bertz CT molecular complexity index is 907. The Hall–Kier alpha value is -2.34. The molecule has 0 spiro atoms. The minimum absolute atomic E-state index is 0.101. The number of carbonyl (C=O) groups is 2. The summed E-state index contributed by atoms with van der Waals surface area (Å²) in [5.74, 6) is 0.796. The zero-order valence-corrected chi connectivity index (χ0v) is 16.6. The summed E-state index contributed by atoms with van der Waals surface area (Å²) in [7, 11) is 0. The second-order valence-corrected chi connectivity index (χ2v) is 7.71. The maximum absolute atomic E-state index is 13.3. The largest absolute Gasteiger partial charge is 0.491 e. The number of amides is 1. The average Bonchev–Trinajstić information content (AvgIpc) is 3.49. The van der Waals surface area contributed by atoms with Gasteiger partial charge in [-0.25, -0.2) is 0 Å². The van der Waals surface area contributed by atoms with Crippen molar-refractivity contribution < 1.29 is 19.1 Å². The molecule has 1 fully saturated rings. The summed E-state index contributed by atoms with van der Waals surface area (Å²) < 4.78 is 11.9. The van der Waals surface area contributed by atoms with Gasteiger partial charge in [-0.15, -0.1) is 0 Å². The van der Waals surface area contributed by atoms with Crippen molar-refractivity contribution in [2.45, 2.75) is 32.3 Å². The van der Waals surface area contributed by atoms with Crippen LogP contribution in [-0.4, -0.2) is 25.0 Å². The van der Waals surface area contributed by atoms with E-state index < -0.39 is 0 Å². The molecule has 0 unspecified atom stereocenters. The fourth-order valence-corrected chi connectivity index (χ4v) is 3.82. The van der Waals surface area contributed by atoms with Crippen LogP contribution in [0.4, 0.5) is 5.69 Å². The molecule has 1 amide bonds. The number of halogens is 1. The van der Waals surface area contributed by atoms with Crippen LogP contribution in [0.2, 0.25) is 0 Å². The highest BCUT2D eigenvalue weighted by Crippen LogP contribution is 2.42. The smallest absolute Gasteiger partial charge is 0.302 e. The number of nitrogens with zero attached hydrogens (tertiary/aromatic N) is 1. The summed E-state index contributed by atoms with van der Waals surface area (Å²) >= 11 is 3.51. The van der Waals surface area contributed by atoms with E-state index in [1.807, 2.05) is 36.4 Å². The molecule has 27 heavy (non-hydrogen) atoms. The van der Waals surface area contributed by atoms with Gasteiger partial charge >= 0.3 is 5.97 Å². The van der Waals surface area contributed by atoms with Crippen molar-refractivity contribution in [2.24, 2.45) is 0 Å². The molecule has 6 heteroatoms. The molecule has 0 atom stereocenters. The second kappa shape index (κ2) is 7.35. The number of carbonyl (C=O) groups excluding carboxylic acids is 2. The second-order valence-electron chi connectivity index (χ2n) is 6.85. The Balaban J connectivity index is 1.69. The van der Waals surface area contributed by atoms with Gasteiger partial charge in [0.25, 0.3) is 5.91 Å². The summed E-state index contributed by atoms with van der Waals surface area (Å²) in [6, 6.07) is 11.5. The molecule has 140 valence electrons. The average molecular weight is 430 g/mol. The Morgan fingerprint density at radius 1 is 1.30 bits per heavy atom. The van der Waals surface area contributed by atoms with Crippen LogP contribution in [0.3, 0.4) is 0 Å². The van der Waals surface area contributed by atoms with Crippen LogP contribution in [0.25, 0.3) is 0 Å². The van der Waals surface area contributed by atoms with Crippen LogP contribution in [0.5, 0.6) is 5.75 Å². The molecule has 1 aliphatic heterocycles. The van der Waals surface area contributed by atoms with Crippen molar-refractivity contribution in [3.05, 3.63) is 57.6 Å². The standard InChI is InChI=1S/C21H20BrNO4/c1-13(24)27-12-17-18(22)3-2-4-19(17)23-9-10-26-20-11-15(14-5-6-14)7-8-16(20)21(23)25/h2-4,7-8,11,14H,5-6,9-10,12H2,1H3. The number of ether oxygens (including phenoxy) is 2. The third-order valence-corrected chi connectivity index (χ3v) is 5.65. The van der Waals surface area contributed by atoms with Gasteiger partial charge in [-0.1, -0.05) is 28.1 Å². The molecule has 2 aromatic rings. The SMILES string of the molecule is CC(=O)OCc1c(Br)cccc1N1CCOc2cc(C3CC3)ccc2C1=O. The van der Waals surface area contributed by atoms with Gasteiger partial charge in [0, 0.05) is 17.0 Å². The molecule has 0 saturated heterocycles. The highest BCUT2D eigenvalue weighted by atomic mass is 79.9. The van der Waals surface area contributed by atoms with E-state index in [0.717, 1.165) is 15.7 Å². The van der Waals surface area contributed by atoms with Gasteiger partial charge in [0.05, 0.1) is 17.8 Å². The van der Waals surface area contributed by atoms with Crippen molar-refractivity contribution in [1.82, 2.24) is 0 Å². The third-order valence-electron chi connectivity index (χ3n) is 4.91. The van der Waals surface area contributed by atoms with Crippen molar-refractivity contribution in [2.75, 3.05) is 18.1 Å². The van der Waals surface area contributed by atoms with Gasteiger partial charge < -0.3 is 14.4 Å². The summed E-state index contributed by atoms with van der Waals surface area (Å²) in [5.41, 5.74) is 3.29. The molecule has 0 bridgehead atoms. The first-order valence-corrected chi connectivity index (χ1v) is 9.83. The van der Waals surface area contributed by atoms with Gasteiger partial charge in [-0.05, 0) is 48.6 Å². The lowest BCUT2D eigenvalue weighted by atomic mass is 10.1. The number of esters is 1. The van der Waals surface area contributed by atoms with E-state index >= 15 is 0 Å². The van der Waals surface area contributed by atoms with Crippen LogP contribution in [-0.2, 0) is 16.1 Å². The highest BCUT2D eigenvalue weighted by Gasteiger charge is 2.29. The molecule has 0 radical (unpaired) electrons. The summed E-state index contributed by atoms with van der Waals surface area (Å²) in [6.07, 6.45) is 2.41. The number of rotatable bonds is 4. The molecule has 1 aliphatic carbocycles. The van der Waals surface area contributed by atoms with Gasteiger partial charge in [-0.3, -0.25) is 9.59 Å². The van der Waals surface area contributed by atoms with Crippen LogP contribution < -0.4 is 9.64 Å². The zero-order valence-electron chi connectivity index (χ0n) is 15.0. The Morgan fingerprint density at radius 3 is 2.85 bits per heavy atom. The van der Waals surface area contributed by atoms with Crippen molar-refractivity contribution >= 4 is 33.5 Å². The van der Waals surface area contributed by atoms with Gasteiger partial charge in [0.1, 0.15) is 19.0 Å². The Morgan fingerprint density at radius 2 is 2.11 bits per heavy atom. The van der Waals surface area contributed by atoms with Crippen LogP contribution >= 0.6 is 15.9 Å². The number of benzene rings is 2. The van der Waals surface area contributed by atoms with E-state index in [0.29, 0.717) is 30.4 Å². The molecule has 2 aliphatic rings. The quantitative estimate of drug-likeness (QED) is 0.674. The monoisotopic (exact) mass is 429 g/mol. The number of hydrogen-bond acceptors (Lipinski definition) is 4. The molecule has 0 aromatic heterocycles. The minimum atomic E-state index is -0.361. The number of fused-ring (bicyclic) bond motifs is 1. The molecular weight excluding hydrogens is 410 g/mol. The highest BCUT2D eigenvalue weighted by molar-refractivity contribution is 9.10. The van der Waals surface area contributed by atoms with Gasteiger partial charge in [0.2, 0.25) is 0 Å². The number of hydrogen-bond donors (Lipinski definition) is 0. The molecule has 5 nitrogen and oxygen atoms in total. The zero-order chi connectivity index (χ0) is 19.0. The van der Waals surface area contributed by atoms with Crippen molar-refractivity contribution in [1.29, 1.82) is 0 Å². The Labute approximate surface area is 166 Å². The molecular formula is C21H20BrNO4. The van der Waals surface area contributed by atoms with E-state index in [-0.39, 0.29) is 18.5 Å². The maximum atomic E-state index is 13.3. The van der Waals surface area contributed by atoms with Crippen molar-refractivity contribution in [3.8, 4) is 5.75 Å². The van der Waals surface area contributed by atoms with E-state index in [4.69, 9.17) is 9.47 Å². The van der Waals surface area contributed by atoms with E-state index in [1.165, 1.54) is 25.3 Å². The topological polar surface area (TPSA) is 55.8 Å². The first kappa shape index (κ1) is 18.0. The number of anilines is 1. The van der Waals surface area contributed by atoms with E-state index in [2.05, 4.69) is 15.9 Å². The first-order valence-electron chi connectivity index (χ1n) is 9.04. The summed E-state index contributed by atoms with van der Waals surface area (Å²) in [4.78, 5) is 26.2. The predicted octanol–water partition coefficient (Wildman–Crippen LogP) is 4.43. The summed E-state index contributed by atoms with van der Waals surface area (Å²) in [6.45, 7) is 2.31. The molecule has 1 heterocycles. The lowest BCUT2D eigenvalue weighted by Crippen LogP contribution is -2.33. The molecule has 2 aromatic carbocycles. The van der Waals surface area contributed by atoms with Crippen LogP contribution in [0, 0.1) is 0 Å². The normalized spacial score (nSPS) is 16.4. The minimum Gasteiger partial charge on any atom is -0.491 e. The van der Waals surface area contributed by atoms with Crippen molar-refractivity contribution in [3.63, 3.8) is 0 Å². The van der Waals surface area contributed by atoms with E-state index in [1.54, 1.807) is 4.90 Å². The lowest BCUT2D eigenvalue weighted by molar-refractivity contribution is -0.142. The molecule has 0 N–H and O–H groups in total. The molecule has 1 saturated carbocycles. The van der Waals surface area contributed by atoms with Gasteiger partial charge in [0.15, 0.2) is 0 Å². The van der Waals surface area contributed by atoms with E-state index in [9.17, 15) is 9.59 Å². The maximum Gasteiger partial charge on any atom is 0.302 e. The summed E-state index contributed by atoms with van der Waals surface area (Å²) in [5, 5.41) is 0. The first-order chi connectivity index (χ1) is 13.0.